The number of halogens is 3. The molecule has 2 aromatic rings. The molecule has 0 amide bonds. The quantitative estimate of drug-likeness (QED) is 0.378. The highest BCUT2D eigenvalue weighted by molar-refractivity contribution is 6.32. The highest BCUT2D eigenvalue weighted by Gasteiger charge is 2.08. The van der Waals surface area contributed by atoms with Crippen LogP contribution in [-0.4, -0.2) is 38.0 Å². The lowest BCUT2D eigenvalue weighted by Gasteiger charge is -2.07. The minimum Gasteiger partial charge on any atom is -1.00 e. The maximum atomic E-state index is 9.14. The lowest BCUT2D eigenvalue weighted by Crippen LogP contribution is -3.00. The fraction of sp³-hybridized carbons (Fsp3) is 0.412. The van der Waals surface area contributed by atoms with Crippen molar-refractivity contribution in [3.8, 4) is 17.1 Å². The second-order valence-corrected chi connectivity index (χ2v) is 5.75. The Bertz CT molecular complexity index is 621. The minimum atomic E-state index is -0.320. The number of methoxy groups -OCH3 is 1. The van der Waals surface area contributed by atoms with Crippen molar-refractivity contribution in [2.45, 2.75) is 19.6 Å². The molecule has 2 rings (SSSR count). The largest absolute Gasteiger partial charge is 1.00 e. The molecule has 0 saturated carbocycles. The van der Waals surface area contributed by atoms with E-state index in [1.807, 2.05) is 30.3 Å². The zero-order valence-corrected chi connectivity index (χ0v) is 16.5. The van der Waals surface area contributed by atoms with Gasteiger partial charge < -0.3 is 49.7 Å². The zero-order chi connectivity index (χ0) is 16.7. The fourth-order valence-corrected chi connectivity index (χ4v) is 2.40. The lowest BCUT2D eigenvalue weighted by molar-refractivity contribution is -0.001000. The van der Waals surface area contributed by atoms with E-state index in [1.165, 1.54) is 0 Å². The molecule has 0 fully saturated rings. The Kier molecular flexibility index (Phi) is 11.9. The van der Waals surface area contributed by atoms with Crippen molar-refractivity contribution in [1.29, 1.82) is 0 Å². The molecule has 0 saturated heterocycles. The van der Waals surface area contributed by atoms with Crippen LogP contribution in [-0.2, 0) is 6.54 Å². The average molecular weight is 410 g/mol. The Balaban J connectivity index is 0.00000288. The third-order valence-electron chi connectivity index (χ3n) is 3.32. The highest BCUT2D eigenvalue weighted by Crippen LogP contribution is 2.30. The Morgan fingerprint density at radius 3 is 2.52 bits per heavy atom. The van der Waals surface area contributed by atoms with Gasteiger partial charge in [0.15, 0.2) is 0 Å². The Morgan fingerprint density at radius 1 is 1.16 bits per heavy atom. The van der Waals surface area contributed by atoms with Crippen LogP contribution in [0.3, 0.4) is 0 Å². The first-order valence-corrected chi connectivity index (χ1v) is 8.00. The van der Waals surface area contributed by atoms with E-state index in [2.05, 4.69) is 10.6 Å². The molecular weight excluding hydrogens is 387 g/mol. The molecule has 25 heavy (non-hydrogen) atoms. The van der Waals surface area contributed by atoms with Crippen LogP contribution < -0.4 is 40.2 Å². The van der Waals surface area contributed by atoms with E-state index in [1.54, 1.807) is 14.0 Å². The molecule has 0 bridgehead atoms. The first-order valence-electron chi connectivity index (χ1n) is 7.62. The monoisotopic (exact) mass is 408 g/mol. The molecule has 1 aromatic heterocycles. The summed E-state index contributed by atoms with van der Waals surface area (Å²) in [5.74, 6) is 2.29. The summed E-state index contributed by atoms with van der Waals surface area (Å²) in [4.78, 5) is 0. The van der Waals surface area contributed by atoms with Crippen molar-refractivity contribution in [2.75, 3.05) is 26.7 Å². The highest BCUT2D eigenvalue weighted by atomic mass is 35.5. The Labute approximate surface area is 165 Å². The Hall–Kier alpha value is -0.950. The van der Waals surface area contributed by atoms with E-state index in [4.69, 9.17) is 25.9 Å². The van der Waals surface area contributed by atoms with Gasteiger partial charge in [-0.1, -0.05) is 11.6 Å². The van der Waals surface area contributed by atoms with Crippen LogP contribution in [0.1, 0.15) is 12.7 Å². The molecule has 1 heterocycles. The summed E-state index contributed by atoms with van der Waals surface area (Å²) in [7, 11) is 1.59. The molecule has 0 aliphatic heterocycles. The maximum absolute atomic E-state index is 9.14. The number of nitrogens with one attached hydrogen (secondary N) is 2. The van der Waals surface area contributed by atoms with Crippen LogP contribution in [0.25, 0.3) is 11.3 Å². The predicted molar refractivity (Wildman–Crippen MR) is 92.0 cm³/mol. The average Bonchev–Trinajstić information content (AvgIpc) is 2.99. The van der Waals surface area contributed by atoms with Crippen LogP contribution in [0, 0.1) is 0 Å². The number of hydrogen-bond donors (Lipinski definition) is 3. The summed E-state index contributed by atoms with van der Waals surface area (Å²) in [6.07, 6.45) is -0.320. The van der Waals surface area contributed by atoms with Gasteiger partial charge in [-0.3, -0.25) is 0 Å². The molecule has 142 valence electrons. The summed E-state index contributed by atoms with van der Waals surface area (Å²) in [6, 6.07) is 9.45. The molecule has 8 heteroatoms. The lowest BCUT2D eigenvalue weighted by atomic mass is 10.2. The molecule has 1 aromatic carbocycles. The van der Waals surface area contributed by atoms with Crippen LogP contribution >= 0.6 is 11.6 Å². The Morgan fingerprint density at radius 2 is 1.88 bits per heavy atom. The normalized spacial score (nSPS) is 11.4. The number of aliphatic hydroxyl groups is 1. The van der Waals surface area contributed by atoms with Gasteiger partial charge in [0.25, 0.3) is 0 Å². The molecule has 0 spiro atoms. The standard InChI is InChI=1S/C17H23ClN2O3.2ClH/c1-12(21)10-19-7-8-20-11-14-4-6-16(23-14)13-3-5-17(22-2)15(18)9-13;;/h3-6,9,12,19-21H,7-8,10-11H2,1-2H3;2*1H/p-2. The van der Waals surface area contributed by atoms with Gasteiger partial charge in [0.1, 0.15) is 17.3 Å². The van der Waals surface area contributed by atoms with E-state index in [9.17, 15) is 0 Å². The van der Waals surface area contributed by atoms with Crippen molar-refractivity contribution in [2.24, 2.45) is 0 Å². The van der Waals surface area contributed by atoms with E-state index in [-0.39, 0.29) is 30.9 Å². The molecule has 0 radical (unpaired) electrons. The van der Waals surface area contributed by atoms with Crippen LogP contribution in [0.15, 0.2) is 34.7 Å². The second-order valence-electron chi connectivity index (χ2n) is 5.35. The number of aliphatic hydroxyl groups excluding tert-OH is 1. The van der Waals surface area contributed by atoms with Crippen molar-refractivity contribution in [3.05, 3.63) is 41.1 Å². The maximum Gasteiger partial charge on any atom is 0.137 e. The van der Waals surface area contributed by atoms with Gasteiger partial charge in [-0.25, -0.2) is 0 Å². The van der Waals surface area contributed by atoms with Crippen LogP contribution in [0.5, 0.6) is 5.75 Å². The van der Waals surface area contributed by atoms with Crippen molar-refractivity contribution < 1.29 is 39.1 Å². The molecule has 0 aliphatic rings. The number of benzene rings is 1. The second kappa shape index (κ2) is 12.4. The van der Waals surface area contributed by atoms with Crippen molar-refractivity contribution in [3.63, 3.8) is 0 Å². The van der Waals surface area contributed by atoms with Gasteiger partial charge in [-0.2, -0.15) is 0 Å². The van der Waals surface area contributed by atoms with Gasteiger partial charge in [0.2, 0.25) is 0 Å². The van der Waals surface area contributed by atoms with Crippen LogP contribution in [0.4, 0.5) is 0 Å². The molecule has 0 aliphatic carbocycles. The van der Waals surface area contributed by atoms with Crippen molar-refractivity contribution in [1.82, 2.24) is 10.6 Å². The predicted octanol–water partition coefficient (Wildman–Crippen LogP) is -3.32. The summed E-state index contributed by atoms with van der Waals surface area (Å²) >= 11 is 6.14. The topological polar surface area (TPSA) is 66.7 Å². The third-order valence-corrected chi connectivity index (χ3v) is 3.61. The van der Waals surface area contributed by atoms with E-state index >= 15 is 0 Å². The molecule has 1 unspecified atom stereocenters. The SMILES string of the molecule is COc1ccc(-c2ccc(CNCCNCC(C)O)o2)cc1Cl.[Cl-].[Cl-]. The van der Waals surface area contributed by atoms with E-state index in [0.717, 1.165) is 30.2 Å². The molecule has 5 nitrogen and oxygen atoms in total. The van der Waals surface area contributed by atoms with Gasteiger partial charge >= 0.3 is 0 Å². The number of hydrogen-bond acceptors (Lipinski definition) is 5. The summed E-state index contributed by atoms with van der Waals surface area (Å²) in [6.45, 7) is 4.62. The van der Waals surface area contributed by atoms with Gasteiger partial charge in [0, 0.05) is 25.2 Å². The van der Waals surface area contributed by atoms with Crippen molar-refractivity contribution >= 4 is 11.6 Å². The molecule has 3 N–H and O–H groups in total. The van der Waals surface area contributed by atoms with Gasteiger partial charge in [0.05, 0.1) is 24.8 Å². The smallest absolute Gasteiger partial charge is 0.137 e. The molecule has 1 atom stereocenters. The van der Waals surface area contributed by atoms with E-state index < -0.39 is 0 Å². The first-order chi connectivity index (χ1) is 11.1. The van der Waals surface area contributed by atoms with E-state index in [0.29, 0.717) is 23.9 Å². The van der Waals surface area contributed by atoms with Gasteiger partial charge in [-0.15, -0.1) is 0 Å². The fourth-order valence-electron chi connectivity index (χ4n) is 2.15. The number of ether oxygens (including phenoxy) is 1. The zero-order valence-electron chi connectivity index (χ0n) is 14.2. The van der Waals surface area contributed by atoms with Crippen LogP contribution in [0.2, 0.25) is 5.02 Å². The molecular formula is C17H23Cl3N2O3-2. The van der Waals surface area contributed by atoms with Gasteiger partial charge in [-0.05, 0) is 37.3 Å². The summed E-state index contributed by atoms with van der Waals surface area (Å²) in [5, 5.41) is 16.1. The summed E-state index contributed by atoms with van der Waals surface area (Å²) in [5.41, 5.74) is 0.917. The third kappa shape index (κ3) is 7.86. The number of furan rings is 1. The first kappa shape index (κ1) is 24.1. The number of rotatable bonds is 9. The summed E-state index contributed by atoms with van der Waals surface area (Å²) < 4.78 is 11.0. The minimum absolute atomic E-state index is 0.